The summed E-state index contributed by atoms with van der Waals surface area (Å²) in [5.74, 6) is -3.68. The summed E-state index contributed by atoms with van der Waals surface area (Å²) in [6, 6.07) is 6.02. The quantitative estimate of drug-likeness (QED) is 0.347. The van der Waals surface area contributed by atoms with Crippen LogP contribution in [0.3, 0.4) is 0 Å². The Hall–Kier alpha value is -3.45. The lowest BCUT2D eigenvalue weighted by Gasteiger charge is -2.32. The Balaban J connectivity index is 1.18. The van der Waals surface area contributed by atoms with Gasteiger partial charge in [-0.25, -0.2) is 19.4 Å². The van der Waals surface area contributed by atoms with Crippen LogP contribution in [-0.2, 0) is 13.0 Å². The van der Waals surface area contributed by atoms with Crippen LogP contribution in [0.2, 0.25) is 0 Å². The van der Waals surface area contributed by atoms with Crippen molar-refractivity contribution in [3.63, 3.8) is 0 Å². The van der Waals surface area contributed by atoms with Gasteiger partial charge in [-0.15, -0.1) is 0 Å². The van der Waals surface area contributed by atoms with E-state index in [1.807, 2.05) is 0 Å². The average Bonchev–Trinajstić information content (AvgIpc) is 3.38. The SMILES string of the molecule is CCc1nc2c(F)cc(CN3CCC(c4ccc(C(=O)NN5CCC(C(F)(F)F)C5)nc4F)CC3)cc2[nH]c1=O. The third-order valence-corrected chi connectivity index (χ3v) is 7.67. The molecule has 2 aliphatic heterocycles. The van der Waals surface area contributed by atoms with Crippen LogP contribution < -0.4 is 11.0 Å². The normalized spacial score (nSPS) is 19.4. The van der Waals surface area contributed by atoms with Gasteiger partial charge in [-0.2, -0.15) is 17.6 Å². The molecule has 214 valence electrons. The number of aromatic amines is 1. The number of carbonyl (C=O) groups excluding carboxylic acids is 1. The number of fused-ring (bicyclic) bond motifs is 1. The summed E-state index contributed by atoms with van der Waals surface area (Å²) >= 11 is 0. The lowest BCUT2D eigenvalue weighted by molar-refractivity contribution is -0.171. The molecule has 40 heavy (non-hydrogen) atoms. The first-order valence-corrected chi connectivity index (χ1v) is 13.2. The zero-order valence-electron chi connectivity index (χ0n) is 21.8. The third kappa shape index (κ3) is 5.99. The van der Waals surface area contributed by atoms with E-state index < -0.39 is 29.8 Å². The van der Waals surface area contributed by atoms with Gasteiger partial charge in [0.15, 0.2) is 5.82 Å². The van der Waals surface area contributed by atoms with Gasteiger partial charge in [0.2, 0.25) is 5.95 Å². The van der Waals surface area contributed by atoms with Crippen LogP contribution in [0.4, 0.5) is 22.0 Å². The maximum atomic E-state index is 14.9. The van der Waals surface area contributed by atoms with Crippen LogP contribution >= 0.6 is 0 Å². The standard InChI is InChI=1S/C27H29F5N6O2/c1-2-20-25(39)35-22-12-15(11-19(28)23(22)33-20)13-37-8-5-16(6-9-37)18-3-4-21(34-24(18)29)26(40)36-38-10-7-17(14-38)27(30,31)32/h3-4,11-12,16-17H,2,5-10,13-14H2,1H3,(H,35,39)(H,36,40). The van der Waals surface area contributed by atoms with E-state index in [1.165, 1.54) is 23.2 Å². The fraction of sp³-hybridized carbons (Fsp3) is 0.481. The maximum absolute atomic E-state index is 14.9. The zero-order chi connectivity index (χ0) is 28.6. The molecular formula is C27H29F5N6O2. The number of aryl methyl sites for hydroxylation is 1. The van der Waals surface area contributed by atoms with Crippen molar-refractivity contribution in [3.8, 4) is 0 Å². The van der Waals surface area contributed by atoms with Crippen LogP contribution in [0.25, 0.3) is 11.0 Å². The molecule has 0 radical (unpaired) electrons. The lowest BCUT2D eigenvalue weighted by Crippen LogP contribution is -2.42. The summed E-state index contributed by atoms with van der Waals surface area (Å²) in [5, 5.41) is 1.18. The number of halogens is 5. The molecule has 1 amide bonds. The first-order chi connectivity index (χ1) is 19.0. The highest BCUT2D eigenvalue weighted by molar-refractivity contribution is 5.91. The minimum atomic E-state index is -4.33. The van der Waals surface area contributed by atoms with Crippen LogP contribution in [0, 0.1) is 17.7 Å². The van der Waals surface area contributed by atoms with Gasteiger partial charge in [-0.05, 0) is 68.5 Å². The number of pyridine rings is 1. The Morgan fingerprint density at radius 3 is 2.50 bits per heavy atom. The second-order valence-electron chi connectivity index (χ2n) is 10.4. The Labute approximate surface area is 226 Å². The number of hydrogen-bond acceptors (Lipinski definition) is 6. The van der Waals surface area contributed by atoms with E-state index in [2.05, 4.69) is 25.3 Å². The summed E-state index contributed by atoms with van der Waals surface area (Å²) in [6.07, 6.45) is -2.81. The van der Waals surface area contributed by atoms with E-state index in [4.69, 9.17) is 0 Å². The molecular weight excluding hydrogens is 535 g/mol. The number of likely N-dealkylation sites (tertiary alicyclic amines) is 1. The van der Waals surface area contributed by atoms with Crippen LogP contribution in [0.1, 0.15) is 59.4 Å². The number of carbonyl (C=O) groups is 1. The van der Waals surface area contributed by atoms with Gasteiger partial charge in [0, 0.05) is 25.2 Å². The van der Waals surface area contributed by atoms with E-state index >= 15 is 0 Å². The highest BCUT2D eigenvalue weighted by atomic mass is 19.4. The van der Waals surface area contributed by atoms with Crippen LogP contribution in [-0.4, -0.2) is 63.1 Å². The first kappa shape index (κ1) is 28.1. The number of rotatable bonds is 6. The Morgan fingerprint density at radius 1 is 1.10 bits per heavy atom. The monoisotopic (exact) mass is 564 g/mol. The van der Waals surface area contributed by atoms with E-state index in [-0.39, 0.29) is 47.9 Å². The molecule has 2 fully saturated rings. The van der Waals surface area contributed by atoms with E-state index in [9.17, 15) is 31.5 Å². The van der Waals surface area contributed by atoms with Gasteiger partial charge in [0.25, 0.3) is 11.5 Å². The Morgan fingerprint density at radius 2 is 1.85 bits per heavy atom. The predicted octanol–water partition coefficient (Wildman–Crippen LogP) is 4.07. The van der Waals surface area contributed by atoms with Crippen molar-refractivity contribution in [1.82, 2.24) is 30.3 Å². The molecule has 0 aliphatic carbocycles. The van der Waals surface area contributed by atoms with Crippen LogP contribution in [0.15, 0.2) is 29.1 Å². The highest BCUT2D eigenvalue weighted by Gasteiger charge is 2.44. The highest BCUT2D eigenvalue weighted by Crippen LogP contribution is 2.33. The number of piperidine rings is 1. The maximum Gasteiger partial charge on any atom is 0.393 e. The third-order valence-electron chi connectivity index (χ3n) is 7.67. The molecule has 0 saturated carbocycles. The lowest BCUT2D eigenvalue weighted by atomic mass is 9.90. The topological polar surface area (TPSA) is 94.2 Å². The molecule has 2 aromatic heterocycles. The molecule has 4 heterocycles. The van der Waals surface area contributed by atoms with Crippen molar-refractivity contribution in [1.29, 1.82) is 0 Å². The summed E-state index contributed by atoms with van der Waals surface area (Å²) in [4.78, 5) is 37.3. The van der Waals surface area contributed by atoms with Gasteiger partial charge < -0.3 is 4.98 Å². The number of hydrogen-bond donors (Lipinski definition) is 2. The second-order valence-corrected chi connectivity index (χ2v) is 10.4. The fourth-order valence-electron chi connectivity index (χ4n) is 5.44. The second kappa shape index (κ2) is 11.2. The molecule has 13 heteroatoms. The minimum absolute atomic E-state index is 0.0511. The Bertz CT molecular complexity index is 1470. The minimum Gasteiger partial charge on any atom is -0.319 e. The summed E-state index contributed by atoms with van der Waals surface area (Å²) in [5.41, 5.74) is 3.66. The van der Waals surface area contributed by atoms with Gasteiger partial charge in [0.1, 0.15) is 16.9 Å². The molecule has 0 bridgehead atoms. The van der Waals surface area contributed by atoms with Crippen molar-refractivity contribution in [2.75, 3.05) is 26.2 Å². The number of aromatic nitrogens is 3. The fourth-order valence-corrected chi connectivity index (χ4v) is 5.44. The molecule has 0 spiro atoms. The molecule has 1 atom stereocenters. The van der Waals surface area contributed by atoms with Gasteiger partial charge in [-0.1, -0.05) is 13.0 Å². The molecule has 2 aliphatic rings. The van der Waals surface area contributed by atoms with Crippen molar-refractivity contribution in [3.05, 3.63) is 68.9 Å². The van der Waals surface area contributed by atoms with Crippen molar-refractivity contribution in [2.24, 2.45) is 5.92 Å². The zero-order valence-corrected chi connectivity index (χ0v) is 21.8. The van der Waals surface area contributed by atoms with Crippen molar-refractivity contribution < 1.29 is 26.7 Å². The molecule has 8 nitrogen and oxygen atoms in total. The molecule has 2 N–H and O–H groups in total. The summed E-state index contributed by atoms with van der Waals surface area (Å²) in [7, 11) is 0. The van der Waals surface area contributed by atoms with Gasteiger partial charge >= 0.3 is 6.18 Å². The molecule has 3 aromatic rings. The molecule has 2 saturated heterocycles. The van der Waals surface area contributed by atoms with E-state index in [1.54, 1.807) is 13.0 Å². The largest absolute Gasteiger partial charge is 0.393 e. The summed E-state index contributed by atoms with van der Waals surface area (Å²) in [6.45, 7) is 3.16. The van der Waals surface area contributed by atoms with Gasteiger partial charge in [-0.3, -0.25) is 19.9 Å². The number of H-pyrrole nitrogens is 1. The van der Waals surface area contributed by atoms with E-state index in [0.717, 1.165) is 0 Å². The number of benzene rings is 1. The number of amides is 1. The molecule has 1 unspecified atom stereocenters. The summed E-state index contributed by atoms with van der Waals surface area (Å²) < 4.78 is 68.3. The van der Waals surface area contributed by atoms with Crippen molar-refractivity contribution in [2.45, 2.75) is 51.2 Å². The molecule has 1 aromatic carbocycles. The first-order valence-electron chi connectivity index (χ1n) is 13.2. The number of alkyl halides is 3. The van der Waals surface area contributed by atoms with E-state index in [0.29, 0.717) is 55.5 Å². The average molecular weight is 565 g/mol. The number of nitrogens with one attached hydrogen (secondary N) is 2. The molecule has 5 rings (SSSR count). The Kier molecular flexibility index (Phi) is 7.87. The smallest absolute Gasteiger partial charge is 0.319 e. The predicted molar refractivity (Wildman–Crippen MR) is 136 cm³/mol. The van der Waals surface area contributed by atoms with Crippen molar-refractivity contribution >= 4 is 16.9 Å². The van der Waals surface area contributed by atoms with Crippen LogP contribution in [0.5, 0.6) is 0 Å². The number of hydrazine groups is 1. The van der Waals surface area contributed by atoms with Gasteiger partial charge in [0.05, 0.1) is 11.4 Å². The number of nitrogens with zero attached hydrogens (tertiary/aromatic N) is 4.